The Kier molecular flexibility index (Phi) is 4.77. The Balaban J connectivity index is 5.43. The molecule has 0 heterocycles. The van der Waals surface area contributed by atoms with Gasteiger partial charge in [0, 0.05) is 12.5 Å². The monoisotopic (exact) mass is 215 g/mol. The van der Waals surface area contributed by atoms with E-state index in [0.717, 1.165) is 0 Å². The molecule has 14 heavy (non-hydrogen) atoms. The van der Waals surface area contributed by atoms with Gasteiger partial charge < -0.3 is 0 Å². The van der Waals surface area contributed by atoms with E-state index in [4.69, 9.17) is 0 Å². The summed E-state index contributed by atoms with van der Waals surface area (Å²) in [5.74, 6) is 0.112. The average molecular weight is 215 g/mol. The van der Waals surface area contributed by atoms with Gasteiger partial charge in [-0.1, -0.05) is 19.9 Å². The van der Waals surface area contributed by atoms with Crippen molar-refractivity contribution in [2.24, 2.45) is 10.9 Å². The van der Waals surface area contributed by atoms with Gasteiger partial charge in [-0.25, -0.2) is 8.42 Å². The van der Waals surface area contributed by atoms with Crippen LogP contribution in [-0.4, -0.2) is 21.4 Å². The summed E-state index contributed by atoms with van der Waals surface area (Å²) < 4.78 is 22.8. The number of allylic oxidation sites excluding steroid dienone is 2. The maximum Gasteiger partial charge on any atom is 0.175 e. The van der Waals surface area contributed by atoms with Crippen LogP contribution in [0.2, 0.25) is 0 Å². The Morgan fingerprint density at radius 3 is 2.14 bits per heavy atom. The number of rotatable bonds is 4. The third-order valence-corrected chi connectivity index (χ3v) is 3.07. The fraction of sp³-hybridized carbons (Fsp3) is 0.500. The predicted octanol–water partition coefficient (Wildman–Crippen LogP) is 2.18. The molecule has 0 aliphatic rings. The first-order valence-electron chi connectivity index (χ1n) is 4.37. The largest absolute Gasteiger partial charge is 0.272 e. The van der Waals surface area contributed by atoms with Gasteiger partial charge in [0.1, 0.15) is 0 Å². The Hall–Kier alpha value is -0.900. The van der Waals surface area contributed by atoms with Crippen molar-refractivity contribution < 1.29 is 8.42 Å². The molecule has 0 aromatic carbocycles. The van der Waals surface area contributed by atoms with Crippen LogP contribution in [0.4, 0.5) is 0 Å². The standard InChI is InChI=1S/C10H17NO2S/c1-6-10(14(5,12)13)9(7-11-4)8(2)3/h6-8H,4H2,1-3,5H3/b9-7-,10-6+. The molecular weight excluding hydrogens is 198 g/mol. The summed E-state index contributed by atoms with van der Waals surface area (Å²) in [6.45, 7) is 8.88. The number of nitrogens with zero attached hydrogens (tertiary/aromatic N) is 1. The third kappa shape index (κ3) is 3.46. The van der Waals surface area contributed by atoms with Crippen molar-refractivity contribution in [3.8, 4) is 0 Å². The van der Waals surface area contributed by atoms with Crippen LogP contribution in [-0.2, 0) is 9.84 Å². The van der Waals surface area contributed by atoms with E-state index in [0.29, 0.717) is 10.5 Å². The van der Waals surface area contributed by atoms with Crippen LogP contribution in [0, 0.1) is 5.92 Å². The molecule has 0 spiro atoms. The average Bonchev–Trinajstić information content (AvgIpc) is 2.01. The van der Waals surface area contributed by atoms with Crippen molar-refractivity contribution in [1.29, 1.82) is 0 Å². The van der Waals surface area contributed by atoms with E-state index < -0.39 is 9.84 Å². The molecule has 0 fully saturated rings. The van der Waals surface area contributed by atoms with Crippen molar-refractivity contribution in [1.82, 2.24) is 0 Å². The first-order chi connectivity index (χ1) is 6.34. The molecule has 0 atom stereocenters. The lowest BCUT2D eigenvalue weighted by Crippen LogP contribution is -2.08. The van der Waals surface area contributed by atoms with Crippen LogP contribution in [0.15, 0.2) is 27.7 Å². The van der Waals surface area contributed by atoms with Crippen LogP contribution in [0.3, 0.4) is 0 Å². The predicted molar refractivity (Wildman–Crippen MR) is 61.1 cm³/mol. The first-order valence-corrected chi connectivity index (χ1v) is 6.26. The van der Waals surface area contributed by atoms with Crippen LogP contribution in [0.5, 0.6) is 0 Å². The minimum Gasteiger partial charge on any atom is -0.272 e. The third-order valence-electron chi connectivity index (χ3n) is 1.80. The zero-order chi connectivity index (χ0) is 11.4. The van der Waals surface area contributed by atoms with Crippen LogP contribution < -0.4 is 0 Å². The summed E-state index contributed by atoms with van der Waals surface area (Å²) in [5.41, 5.74) is 0.699. The van der Waals surface area contributed by atoms with E-state index in [1.807, 2.05) is 13.8 Å². The minimum atomic E-state index is -3.18. The summed E-state index contributed by atoms with van der Waals surface area (Å²) in [6, 6.07) is 0. The zero-order valence-electron chi connectivity index (χ0n) is 9.11. The van der Waals surface area contributed by atoms with Crippen molar-refractivity contribution >= 4 is 16.6 Å². The molecule has 0 unspecified atom stereocenters. The quantitative estimate of drug-likeness (QED) is 0.533. The van der Waals surface area contributed by atoms with E-state index in [9.17, 15) is 8.42 Å². The van der Waals surface area contributed by atoms with Gasteiger partial charge in [-0.15, -0.1) is 0 Å². The summed E-state index contributed by atoms with van der Waals surface area (Å²) in [7, 11) is -3.18. The van der Waals surface area contributed by atoms with Crippen molar-refractivity contribution in [2.45, 2.75) is 20.8 Å². The molecule has 0 radical (unpaired) electrons. The molecule has 0 aromatic heterocycles. The molecule has 0 aliphatic carbocycles. The molecule has 0 rings (SSSR count). The maximum absolute atomic E-state index is 11.4. The van der Waals surface area contributed by atoms with Gasteiger partial charge in [0.25, 0.3) is 0 Å². The van der Waals surface area contributed by atoms with E-state index in [1.165, 1.54) is 12.5 Å². The van der Waals surface area contributed by atoms with E-state index >= 15 is 0 Å². The number of hydrogen-bond acceptors (Lipinski definition) is 3. The second-order valence-electron chi connectivity index (χ2n) is 3.35. The number of hydrogen-bond donors (Lipinski definition) is 0. The van der Waals surface area contributed by atoms with Crippen LogP contribution in [0.25, 0.3) is 0 Å². The molecular formula is C10H17NO2S. The highest BCUT2D eigenvalue weighted by atomic mass is 32.2. The molecule has 0 bridgehead atoms. The Morgan fingerprint density at radius 1 is 1.43 bits per heavy atom. The van der Waals surface area contributed by atoms with Gasteiger partial charge in [-0.05, 0) is 25.1 Å². The smallest absolute Gasteiger partial charge is 0.175 e. The Morgan fingerprint density at radius 2 is 1.93 bits per heavy atom. The molecule has 3 nitrogen and oxygen atoms in total. The van der Waals surface area contributed by atoms with Gasteiger partial charge in [-0.2, -0.15) is 0 Å². The molecule has 0 saturated carbocycles. The first kappa shape index (κ1) is 13.1. The number of aliphatic imine (C=N–C) groups is 1. The lowest BCUT2D eigenvalue weighted by atomic mass is 10.0. The highest BCUT2D eigenvalue weighted by molar-refractivity contribution is 7.94. The van der Waals surface area contributed by atoms with Gasteiger partial charge in [0.15, 0.2) is 9.84 Å². The summed E-state index contributed by atoms with van der Waals surface area (Å²) in [6.07, 6.45) is 4.29. The van der Waals surface area contributed by atoms with Crippen LogP contribution >= 0.6 is 0 Å². The van der Waals surface area contributed by atoms with E-state index in [1.54, 1.807) is 13.0 Å². The summed E-state index contributed by atoms with van der Waals surface area (Å²) in [5, 5.41) is 0. The fourth-order valence-electron chi connectivity index (χ4n) is 1.19. The van der Waals surface area contributed by atoms with Crippen LogP contribution in [0.1, 0.15) is 20.8 Å². The maximum atomic E-state index is 11.4. The highest BCUT2D eigenvalue weighted by Gasteiger charge is 2.17. The molecule has 0 aromatic rings. The lowest BCUT2D eigenvalue weighted by Gasteiger charge is -2.12. The minimum absolute atomic E-state index is 0.112. The summed E-state index contributed by atoms with van der Waals surface area (Å²) >= 11 is 0. The molecule has 80 valence electrons. The van der Waals surface area contributed by atoms with Gasteiger partial charge >= 0.3 is 0 Å². The lowest BCUT2D eigenvalue weighted by molar-refractivity contribution is 0.606. The van der Waals surface area contributed by atoms with E-state index in [2.05, 4.69) is 11.7 Å². The van der Waals surface area contributed by atoms with Crippen molar-refractivity contribution in [3.63, 3.8) is 0 Å². The van der Waals surface area contributed by atoms with Gasteiger partial charge in [0.2, 0.25) is 0 Å². The number of sulfone groups is 1. The molecule has 4 heteroatoms. The van der Waals surface area contributed by atoms with Gasteiger partial charge in [-0.3, -0.25) is 4.99 Å². The van der Waals surface area contributed by atoms with Gasteiger partial charge in [0.05, 0.1) is 4.91 Å². The molecule has 0 aliphatic heterocycles. The molecule has 0 amide bonds. The van der Waals surface area contributed by atoms with E-state index in [-0.39, 0.29) is 5.92 Å². The van der Waals surface area contributed by atoms with Crippen molar-refractivity contribution in [2.75, 3.05) is 6.26 Å². The topological polar surface area (TPSA) is 46.5 Å². The molecule has 0 saturated heterocycles. The molecule has 0 N–H and O–H groups in total. The second kappa shape index (κ2) is 5.10. The fourth-order valence-corrected chi connectivity index (χ4v) is 2.34. The summed E-state index contributed by atoms with van der Waals surface area (Å²) in [4.78, 5) is 3.96. The Labute approximate surface area is 86.2 Å². The normalized spacial score (nSPS) is 14.6. The SMILES string of the molecule is C=N/C=C(\C(=C/C)S(C)(=O)=O)C(C)C. The Bertz CT molecular complexity index is 362. The highest BCUT2D eigenvalue weighted by Crippen LogP contribution is 2.23. The van der Waals surface area contributed by atoms with Crippen molar-refractivity contribution in [3.05, 3.63) is 22.8 Å². The second-order valence-corrected chi connectivity index (χ2v) is 5.33. The zero-order valence-corrected chi connectivity index (χ0v) is 9.93.